The molecule has 0 radical (unpaired) electrons. The number of aromatic nitrogens is 2. The van der Waals surface area contributed by atoms with Crippen LogP contribution in [0.4, 0.5) is 5.69 Å². The summed E-state index contributed by atoms with van der Waals surface area (Å²) in [5, 5.41) is 3.81. The smallest absolute Gasteiger partial charge is 0.234 e. The fourth-order valence-corrected chi connectivity index (χ4v) is 3.64. The Morgan fingerprint density at radius 3 is 2.83 bits per heavy atom. The van der Waals surface area contributed by atoms with Gasteiger partial charge in [0, 0.05) is 16.7 Å². The normalized spacial score (nSPS) is 11.0. The predicted octanol–water partition coefficient (Wildman–Crippen LogP) is 4.86. The maximum Gasteiger partial charge on any atom is 0.234 e. The number of hydrogen-bond donors (Lipinski definition) is 1. The van der Waals surface area contributed by atoms with Gasteiger partial charge in [-0.1, -0.05) is 39.8 Å². The van der Waals surface area contributed by atoms with Crippen molar-refractivity contribution in [2.75, 3.05) is 11.1 Å². The average molecular weight is 404 g/mol. The van der Waals surface area contributed by atoms with Gasteiger partial charge in [-0.05, 0) is 49.7 Å². The van der Waals surface area contributed by atoms with E-state index in [2.05, 4.69) is 43.8 Å². The van der Waals surface area contributed by atoms with E-state index >= 15 is 0 Å². The van der Waals surface area contributed by atoms with Crippen molar-refractivity contribution in [3.63, 3.8) is 0 Å². The van der Waals surface area contributed by atoms with Crippen LogP contribution in [0.1, 0.15) is 12.5 Å². The number of imidazole rings is 1. The molecular formula is C18H18BrN3OS. The number of amides is 1. The van der Waals surface area contributed by atoms with Gasteiger partial charge in [0.25, 0.3) is 0 Å². The second kappa shape index (κ2) is 7.40. The summed E-state index contributed by atoms with van der Waals surface area (Å²) in [4.78, 5) is 16.8. The standard InChI is InChI=1S/C18H18BrN3OS/c1-3-22-16-7-5-4-6-15(16)21-18(22)24-11-17(23)20-13-8-9-14(19)12(2)10-13/h4-10H,3,11H2,1-2H3,(H,20,23). The molecule has 0 saturated carbocycles. The lowest BCUT2D eigenvalue weighted by molar-refractivity contribution is -0.113. The summed E-state index contributed by atoms with van der Waals surface area (Å²) in [5.41, 5.74) is 3.97. The number of aryl methyl sites for hydroxylation is 2. The van der Waals surface area contributed by atoms with Crippen LogP contribution in [0, 0.1) is 6.92 Å². The first kappa shape index (κ1) is 17.0. The summed E-state index contributed by atoms with van der Waals surface area (Å²) in [7, 11) is 0. The lowest BCUT2D eigenvalue weighted by Gasteiger charge is -2.08. The minimum absolute atomic E-state index is 0.0311. The highest BCUT2D eigenvalue weighted by atomic mass is 79.9. The van der Waals surface area contributed by atoms with E-state index in [9.17, 15) is 4.79 Å². The molecule has 0 atom stereocenters. The van der Waals surface area contributed by atoms with Gasteiger partial charge in [-0.3, -0.25) is 4.79 Å². The van der Waals surface area contributed by atoms with Gasteiger partial charge in [-0.15, -0.1) is 0 Å². The third kappa shape index (κ3) is 3.65. The van der Waals surface area contributed by atoms with E-state index in [0.717, 1.165) is 38.5 Å². The number of nitrogens with zero attached hydrogens (tertiary/aromatic N) is 2. The first-order valence-corrected chi connectivity index (χ1v) is 9.50. The molecule has 1 heterocycles. The number of nitrogens with one attached hydrogen (secondary N) is 1. The summed E-state index contributed by atoms with van der Waals surface area (Å²) in [6.45, 7) is 4.91. The highest BCUT2D eigenvalue weighted by Gasteiger charge is 2.12. The van der Waals surface area contributed by atoms with Crippen LogP contribution in [0.2, 0.25) is 0 Å². The quantitative estimate of drug-likeness (QED) is 0.618. The van der Waals surface area contributed by atoms with Gasteiger partial charge in [-0.25, -0.2) is 4.98 Å². The topological polar surface area (TPSA) is 46.9 Å². The molecule has 0 bridgehead atoms. The summed E-state index contributed by atoms with van der Waals surface area (Å²) < 4.78 is 3.17. The zero-order valence-corrected chi connectivity index (χ0v) is 15.9. The van der Waals surface area contributed by atoms with Gasteiger partial charge in [0.2, 0.25) is 5.91 Å². The van der Waals surface area contributed by atoms with Crippen molar-refractivity contribution >= 4 is 50.3 Å². The van der Waals surface area contributed by atoms with E-state index in [4.69, 9.17) is 0 Å². The maximum absolute atomic E-state index is 12.2. The molecule has 0 spiro atoms. The highest BCUT2D eigenvalue weighted by molar-refractivity contribution is 9.10. The van der Waals surface area contributed by atoms with Crippen LogP contribution in [0.3, 0.4) is 0 Å². The molecule has 1 amide bonds. The molecule has 2 aromatic carbocycles. The van der Waals surface area contributed by atoms with Gasteiger partial charge in [0.15, 0.2) is 5.16 Å². The lowest BCUT2D eigenvalue weighted by Crippen LogP contribution is -2.14. The number of halogens is 1. The molecule has 0 fully saturated rings. The summed E-state index contributed by atoms with van der Waals surface area (Å²) in [5.74, 6) is 0.301. The molecule has 24 heavy (non-hydrogen) atoms. The van der Waals surface area contributed by atoms with Crippen molar-refractivity contribution in [1.82, 2.24) is 9.55 Å². The lowest BCUT2D eigenvalue weighted by atomic mass is 10.2. The van der Waals surface area contributed by atoms with E-state index in [-0.39, 0.29) is 5.91 Å². The highest BCUT2D eigenvalue weighted by Crippen LogP contribution is 2.24. The van der Waals surface area contributed by atoms with Gasteiger partial charge in [0.05, 0.1) is 16.8 Å². The fraction of sp³-hybridized carbons (Fsp3) is 0.222. The number of anilines is 1. The van der Waals surface area contributed by atoms with Gasteiger partial charge in [-0.2, -0.15) is 0 Å². The number of benzene rings is 2. The molecule has 3 aromatic rings. The second-order valence-corrected chi connectivity index (χ2v) is 7.23. The van der Waals surface area contributed by atoms with Crippen LogP contribution in [0.15, 0.2) is 52.1 Å². The van der Waals surface area contributed by atoms with Crippen LogP contribution >= 0.6 is 27.7 Å². The van der Waals surface area contributed by atoms with E-state index in [1.54, 1.807) is 0 Å². The minimum Gasteiger partial charge on any atom is -0.325 e. The zero-order valence-electron chi connectivity index (χ0n) is 13.5. The second-order valence-electron chi connectivity index (χ2n) is 5.43. The first-order chi connectivity index (χ1) is 11.6. The third-order valence-electron chi connectivity index (χ3n) is 3.71. The largest absolute Gasteiger partial charge is 0.325 e. The number of carbonyl (C=O) groups excluding carboxylic acids is 1. The van der Waals surface area contributed by atoms with E-state index < -0.39 is 0 Å². The molecule has 124 valence electrons. The van der Waals surface area contributed by atoms with Crippen molar-refractivity contribution < 1.29 is 4.79 Å². The molecule has 1 aromatic heterocycles. The van der Waals surface area contributed by atoms with Gasteiger partial charge in [0.1, 0.15) is 0 Å². The van der Waals surface area contributed by atoms with Crippen LogP contribution in [-0.2, 0) is 11.3 Å². The van der Waals surface area contributed by atoms with Crippen molar-refractivity contribution in [2.45, 2.75) is 25.5 Å². The Morgan fingerprint density at radius 1 is 1.29 bits per heavy atom. The van der Waals surface area contributed by atoms with Gasteiger partial charge < -0.3 is 9.88 Å². The zero-order chi connectivity index (χ0) is 17.1. The van der Waals surface area contributed by atoms with E-state index in [0.29, 0.717) is 5.75 Å². The Balaban J connectivity index is 1.69. The molecule has 4 nitrogen and oxygen atoms in total. The Hall–Kier alpha value is -1.79. The Bertz CT molecular complexity index is 891. The molecule has 1 N–H and O–H groups in total. The van der Waals surface area contributed by atoms with Crippen LogP contribution in [-0.4, -0.2) is 21.2 Å². The molecule has 0 aliphatic rings. The molecule has 6 heteroatoms. The predicted molar refractivity (Wildman–Crippen MR) is 104 cm³/mol. The Labute approximate surface area is 153 Å². The van der Waals surface area contributed by atoms with Crippen molar-refractivity contribution in [3.05, 3.63) is 52.5 Å². The van der Waals surface area contributed by atoms with E-state index in [1.165, 1.54) is 11.8 Å². The van der Waals surface area contributed by atoms with Crippen LogP contribution in [0.5, 0.6) is 0 Å². The summed E-state index contributed by atoms with van der Waals surface area (Å²) in [6.07, 6.45) is 0. The Morgan fingerprint density at radius 2 is 2.08 bits per heavy atom. The molecule has 0 saturated heterocycles. The molecule has 0 unspecified atom stereocenters. The van der Waals surface area contributed by atoms with E-state index in [1.807, 2.05) is 43.3 Å². The number of carbonyl (C=O) groups is 1. The first-order valence-electron chi connectivity index (χ1n) is 7.72. The average Bonchev–Trinajstić information content (AvgIpc) is 2.94. The number of fused-ring (bicyclic) bond motifs is 1. The van der Waals surface area contributed by atoms with Crippen molar-refractivity contribution in [3.8, 4) is 0 Å². The number of para-hydroxylation sites is 2. The van der Waals surface area contributed by atoms with Crippen LogP contribution < -0.4 is 5.32 Å². The third-order valence-corrected chi connectivity index (χ3v) is 5.58. The summed E-state index contributed by atoms with van der Waals surface area (Å²) >= 11 is 4.92. The molecular weight excluding hydrogens is 386 g/mol. The number of rotatable bonds is 5. The molecule has 3 rings (SSSR count). The molecule has 0 aliphatic carbocycles. The number of hydrogen-bond acceptors (Lipinski definition) is 3. The summed E-state index contributed by atoms with van der Waals surface area (Å²) in [6, 6.07) is 13.8. The molecule has 0 aliphatic heterocycles. The monoisotopic (exact) mass is 403 g/mol. The Kier molecular flexibility index (Phi) is 5.26. The fourth-order valence-electron chi connectivity index (χ4n) is 2.52. The maximum atomic E-state index is 12.2. The number of thioether (sulfide) groups is 1. The minimum atomic E-state index is -0.0311. The SMILES string of the molecule is CCn1c(SCC(=O)Nc2ccc(Br)c(C)c2)nc2ccccc21. The van der Waals surface area contributed by atoms with Crippen molar-refractivity contribution in [2.24, 2.45) is 0 Å². The van der Waals surface area contributed by atoms with Crippen molar-refractivity contribution in [1.29, 1.82) is 0 Å². The van der Waals surface area contributed by atoms with Crippen LogP contribution in [0.25, 0.3) is 11.0 Å². The van der Waals surface area contributed by atoms with Gasteiger partial charge >= 0.3 is 0 Å².